The number of H-pyrrole nitrogens is 1. The molecule has 1 saturated carbocycles. The maximum Gasteiger partial charge on any atom is 0.0825 e. The number of hydrogen-bond acceptors (Lipinski definition) is 2. The van der Waals surface area contributed by atoms with Gasteiger partial charge in [-0.25, -0.2) is 0 Å². The van der Waals surface area contributed by atoms with Crippen LogP contribution in [0, 0.1) is 13.8 Å². The van der Waals surface area contributed by atoms with Crippen LogP contribution in [0.5, 0.6) is 0 Å². The van der Waals surface area contributed by atoms with Gasteiger partial charge in [-0.2, -0.15) is 5.10 Å². The highest BCUT2D eigenvalue weighted by Gasteiger charge is 2.23. The summed E-state index contributed by atoms with van der Waals surface area (Å²) in [6, 6.07) is 11.5. The molecule has 0 aliphatic heterocycles. The molecule has 2 N–H and O–H groups in total. The molecule has 1 aromatic heterocycles. The summed E-state index contributed by atoms with van der Waals surface area (Å²) in [5.74, 6) is 0.737. The molecule has 2 aromatic rings. The number of aromatic amines is 1. The van der Waals surface area contributed by atoms with Crippen LogP contribution in [0.1, 0.15) is 48.6 Å². The number of nitrogens with one attached hydrogen (secondary N) is 2. The van der Waals surface area contributed by atoms with Gasteiger partial charge < -0.3 is 5.32 Å². The van der Waals surface area contributed by atoms with E-state index < -0.39 is 0 Å². The van der Waals surface area contributed by atoms with Crippen molar-refractivity contribution in [2.75, 3.05) is 5.32 Å². The molecule has 1 aromatic carbocycles. The molecule has 0 amide bonds. The smallest absolute Gasteiger partial charge is 0.0825 e. The fraction of sp³-hybridized carbons (Fsp3) is 0.471. The zero-order chi connectivity index (χ0) is 13.9. The van der Waals surface area contributed by atoms with E-state index in [4.69, 9.17) is 0 Å². The van der Waals surface area contributed by atoms with E-state index in [0.29, 0.717) is 6.04 Å². The fourth-order valence-corrected chi connectivity index (χ4v) is 3.26. The molecule has 1 heterocycles. The highest BCUT2D eigenvalue weighted by molar-refractivity contribution is 5.52. The summed E-state index contributed by atoms with van der Waals surface area (Å²) in [6.45, 7) is 4.14. The fourth-order valence-electron chi connectivity index (χ4n) is 3.26. The number of nitrogens with zero attached hydrogens (tertiary/aromatic N) is 1. The molecular formula is C17H23N3. The summed E-state index contributed by atoms with van der Waals surface area (Å²) in [5, 5.41) is 11.0. The van der Waals surface area contributed by atoms with E-state index in [9.17, 15) is 0 Å². The van der Waals surface area contributed by atoms with Crippen molar-refractivity contribution in [3.05, 3.63) is 47.3 Å². The molecule has 0 atom stereocenters. The minimum atomic E-state index is 0.588. The molecule has 0 radical (unpaired) electrons. The van der Waals surface area contributed by atoms with Crippen LogP contribution in [0.4, 0.5) is 5.69 Å². The third-order valence-corrected chi connectivity index (χ3v) is 4.47. The molecule has 20 heavy (non-hydrogen) atoms. The maximum absolute atomic E-state index is 4.26. The van der Waals surface area contributed by atoms with E-state index in [2.05, 4.69) is 59.7 Å². The van der Waals surface area contributed by atoms with Crippen LogP contribution in [0.2, 0.25) is 0 Å². The molecule has 0 unspecified atom stereocenters. The predicted octanol–water partition coefficient (Wildman–Crippen LogP) is 4.16. The first kappa shape index (κ1) is 13.2. The summed E-state index contributed by atoms with van der Waals surface area (Å²) in [7, 11) is 0. The predicted molar refractivity (Wildman–Crippen MR) is 83.1 cm³/mol. The number of aryl methyl sites for hydroxylation is 2. The van der Waals surface area contributed by atoms with Crippen molar-refractivity contribution in [3.63, 3.8) is 0 Å². The van der Waals surface area contributed by atoms with Crippen molar-refractivity contribution in [1.29, 1.82) is 0 Å². The Morgan fingerprint density at radius 2 is 1.75 bits per heavy atom. The molecule has 0 bridgehead atoms. The van der Waals surface area contributed by atoms with Crippen molar-refractivity contribution < 1.29 is 0 Å². The summed E-state index contributed by atoms with van der Waals surface area (Å²) < 4.78 is 0. The van der Waals surface area contributed by atoms with E-state index in [1.807, 2.05) is 0 Å². The van der Waals surface area contributed by atoms with Gasteiger partial charge in [0.05, 0.1) is 17.1 Å². The van der Waals surface area contributed by atoms with Crippen LogP contribution in [-0.4, -0.2) is 16.2 Å². The van der Waals surface area contributed by atoms with E-state index >= 15 is 0 Å². The van der Waals surface area contributed by atoms with Gasteiger partial charge in [-0.15, -0.1) is 0 Å². The van der Waals surface area contributed by atoms with Gasteiger partial charge in [0.1, 0.15) is 0 Å². The van der Waals surface area contributed by atoms with E-state index in [-0.39, 0.29) is 0 Å². The molecule has 3 nitrogen and oxygen atoms in total. The van der Waals surface area contributed by atoms with Crippen molar-refractivity contribution in [1.82, 2.24) is 10.2 Å². The second-order valence-corrected chi connectivity index (χ2v) is 5.91. The Hall–Kier alpha value is -1.77. The topological polar surface area (TPSA) is 40.7 Å². The largest absolute Gasteiger partial charge is 0.379 e. The van der Waals surface area contributed by atoms with Crippen LogP contribution in [-0.2, 0) is 0 Å². The van der Waals surface area contributed by atoms with Crippen molar-refractivity contribution in [2.45, 2.75) is 51.5 Å². The van der Waals surface area contributed by atoms with Crippen molar-refractivity contribution in [3.8, 4) is 0 Å². The minimum absolute atomic E-state index is 0.588. The van der Waals surface area contributed by atoms with Crippen LogP contribution in [0.25, 0.3) is 0 Å². The Morgan fingerprint density at radius 1 is 1.05 bits per heavy atom. The molecule has 3 rings (SSSR count). The molecular weight excluding hydrogens is 246 g/mol. The number of hydrogen-bond donors (Lipinski definition) is 2. The van der Waals surface area contributed by atoms with Crippen LogP contribution >= 0.6 is 0 Å². The van der Waals surface area contributed by atoms with E-state index in [1.54, 1.807) is 0 Å². The Kier molecular flexibility index (Phi) is 3.77. The van der Waals surface area contributed by atoms with Crippen LogP contribution < -0.4 is 5.32 Å². The Labute approximate surface area is 120 Å². The van der Waals surface area contributed by atoms with Crippen molar-refractivity contribution in [2.24, 2.45) is 0 Å². The second kappa shape index (κ2) is 5.70. The molecule has 0 saturated heterocycles. The Bertz CT molecular complexity index is 531. The molecule has 1 aliphatic rings. The lowest BCUT2D eigenvalue weighted by Gasteiger charge is -2.30. The van der Waals surface area contributed by atoms with Gasteiger partial charge in [0.15, 0.2) is 0 Å². The Morgan fingerprint density at radius 3 is 2.35 bits per heavy atom. The minimum Gasteiger partial charge on any atom is -0.379 e. The lowest BCUT2D eigenvalue weighted by molar-refractivity contribution is 0.412. The van der Waals surface area contributed by atoms with Gasteiger partial charge >= 0.3 is 0 Å². The van der Waals surface area contributed by atoms with Crippen molar-refractivity contribution >= 4 is 5.69 Å². The lowest BCUT2D eigenvalue weighted by atomic mass is 9.81. The third kappa shape index (κ3) is 2.72. The van der Waals surface area contributed by atoms with Gasteiger partial charge in [0, 0.05) is 6.04 Å². The quantitative estimate of drug-likeness (QED) is 0.878. The zero-order valence-electron chi connectivity index (χ0n) is 12.3. The highest BCUT2D eigenvalue weighted by Crippen LogP contribution is 2.34. The van der Waals surface area contributed by atoms with Gasteiger partial charge in [0.2, 0.25) is 0 Å². The molecule has 106 valence electrons. The first-order chi connectivity index (χ1) is 9.74. The number of anilines is 1. The highest BCUT2D eigenvalue weighted by atomic mass is 15.2. The number of aromatic nitrogens is 2. The zero-order valence-corrected chi connectivity index (χ0v) is 12.3. The standard InChI is InChI=1S/C17H23N3/c1-12-17(13(2)20-19-12)18-16-10-8-15(9-11-16)14-6-4-3-5-7-14/h3-7,15-16,18H,8-11H2,1-2H3,(H,19,20). The third-order valence-electron chi connectivity index (χ3n) is 4.47. The second-order valence-electron chi connectivity index (χ2n) is 5.91. The SMILES string of the molecule is Cc1n[nH]c(C)c1NC1CCC(c2ccccc2)CC1. The summed E-state index contributed by atoms with van der Waals surface area (Å²) >= 11 is 0. The number of benzene rings is 1. The summed E-state index contributed by atoms with van der Waals surface area (Å²) in [5.41, 5.74) is 4.93. The van der Waals surface area contributed by atoms with Gasteiger partial charge in [-0.1, -0.05) is 30.3 Å². The average Bonchev–Trinajstić information content (AvgIpc) is 2.81. The molecule has 3 heteroatoms. The maximum atomic E-state index is 4.26. The van der Waals surface area contributed by atoms with Gasteiger partial charge in [-0.05, 0) is 51.0 Å². The van der Waals surface area contributed by atoms with E-state index in [0.717, 1.165) is 17.3 Å². The molecule has 1 fully saturated rings. The molecule has 0 spiro atoms. The van der Waals surface area contributed by atoms with E-state index in [1.165, 1.54) is 36.9 Å². The summed E-state index contributed by atoms with van der Waals surface area (Å²) in [4.78, 5) is 0. The Balaban J connectivity index is 1.59. The molecule has 1 aliphatic carbocycles. The lowest BCUT2D eigenvalue weighted by Crippen LogP contribution is -2.25. The number of rotatable bonds is 3. The van der Waals surface area contributed by atoms with Gasteiger partial charge in [-0.3, -0.25) is 5.10 Å². The first-order valence-electron chi connectivity index (χ1n) is 7.57. The summed E-state index contributed by atoms with van der Waals surface area (Å²) in [6.07, 6.45) is 5.03. The van der Waals surface area contributed by atoms with Crippen LogP contribution in [0.3, 0.4) is 0 Å². The first-order valence-corrected chi connectivity index (χ1v) is 7.57. The monoisotopic (exact) mass is 269 g/mol. The van der Waals surface area contributed by atoms with Crippen LogP contribution in [0.15, 0.2) is 30.3 Å². The average molecular weight is 269 g/mol. The van der Waals surface area contributed by atoms with Gasteiger partial charge in [0.25, 0.3) is 0 Å². The normalized spacial score (nSPS) is 22.7.